The van der Waals surface area contributed by atoms with Crippen LogP contribution in [0.4, 0.5) is 5.69 Å². The van der Waals surface area contributed by atoms with Gasteiger partial charge in [0.15, 0.2) is 0 Å². The third-order valence-corrected chi connectivity index (χ3v) is 8.75. The van der Waals surface area contributed by atoms with Gasteiger partial charge in [-0.05, 0) is 68.4 Å². The Kier molecular flexibility index (Phi) is 9.41. The van der Waals surface area contributed by atoms with Crippen LogP contribution in [0, 0.1) is 0 Å². The van der Waals surface area contributed by atoms with Crippen LogP contribution in [0.5, 0.6) is 5.75 Å². The molecule has 6 N–H and O–H groups in total. The molecule has 13 heteroatoms. The molecule has 250 valence electrons. The van der Waals surface area contributed by atoms with Gasteiger partial charge in [0.1, 0.15) is 17.4 Å². The molecule has 0 aliphatic carbocycles. The van der Waals surface area contributed by atoms with Crippen molar-refractivity contribution in [3.05, 3.63) is 72.6 Å². The van der Waals surface area contributed by atoms with E-state index in [9.17, 15) is 4.79 Å². The van der Waals surface area contributed by atoms with E-state index in [2.05, 4.69) is 73.4 Å². The van der Waals surface area contributed by atoms with Crippen molar-refractivity contribution in [1.82, 2.24) is 46.1 Å². The second-order valence-electron chi connectivity index (χ2n) is 12.3. The second-order valence-corrected chi connectivity index (χ2v) is 12.3. The minimum Gasteiger partial charge on any atom is -0.494 e. The van der Waals surface area contributed by atoms with Crippen LogP contribution in [-0.4, -0.2) is 100 Å². The zero-order valence-electron chi connectivity index (χ0n) is 27.1. The molecule has 1 fully saturated rings. The average Bonchev–Trinajstić information content (AvgIpc) is 3.87. The third-order valence-electron chi connectivity index (χ3n) is 8.75. The Bertz CT molecular complexity index is 1910. The van der Waals surface area contributed by atoms with Crippen LogP contribution in [0.3, 0.4) is 0 Å². The van der Waals surface area contributed by atoms with Crippen LogP contribution in [0.1, 0.15) is 19.3 Å². The van der Waals surface area contributed by atoms with Gasteiger partial charge in [-0.2, -0.15) is 0 Å². The van der Waals surface area contributed by atoms with E-state index in [0.717, 1.165) is 83.2 Å². The summed E-state index contributed by atoms with van der Waals surface area (Å²) in [5, 5.41) is 13.9. The lowest BCUT2D eigenvalue weighted by Gasteiger charge is -2.34. The number of imidazole rings is 2. The lowest BCUT2D eigenvalue weighted by molar-refractivity contribution is -0.121. The van der Waals surface area contributed by atoms with Gasteiger partial charge in [-0.3, -0.25) is 9.80 Å². The third kappa shape index (κ3) is 7.38. The molecule has 1 amide bonds. The molecule has 0 bridgehead atoms. The maximum absolute atomic E-state index is 12.2. The number of rotatable bonds is 13. The van der Waals surface area contributed by atoms with Crippen molar-refractivity contribution in [1.29, 1.82) is 0 Å². The summed E-state index contributed by atoms with van der Waals surface area (Å²) in [6.45, 7) is 5.88. The molecule has 13 nitrogen and oxygen atoms in total. The minimum absolute atomic E-state index is 0.00569. The number of aliphatic hydroxyl groups excluding tert-OH is 1. The number of hydrogen-bond donors (Lipinski definition) is 6. The van der Waals surface area contributed by atoms with Gasteiger partial charge >= 0.3 is 0 Å². The number of carbonyl (C=O) groups is 1. The molecular formula is C35H42N10O3. The number of carbonyl (C=O) groups excluding carboxylic acids is 1. The molecule has 2 aliphatic heterocycles. The summed E-state index contributed by atoms with van der Waals surface area (Å²) < 4.78 is 5.98. The summed E-state index contributed by atoms with van der Waals surface area (Å²) >= 11 is 0. The Balaban J connectivity index is 0.920. The maximum Gasteiger partial charge on any atom is 0.220 e. The first kappa shape index (κ1) is 31.5. The fourth-order valence-electron chi connectivity index (χ4n) is 6.01. The molecule has 3 aromatic carbocycles. The molecule has 4 heterocycles. The van der Waals surface area contributed by atoms with Gasteiger partial charge in [0.05, 0.1) is 41.0 Å². The number of aliphatic hydroxyl groups is 1. The van der Waals surface area contributed by atoms with E-state index in [1.807, 2.05) is 41.5 Å². The highest BCUT2D eigenvalue weighted by molar-refractivity contribution is 5.87. The number of H-pyrrole nitrogens is 2. The van der Waals surface area contributed by atoms with Crippen molar-refractivity contribution in [2.45, 2.75) is 19.3 Å². The van der Waals surface area contributed by atoms with Crippen LogP contribution >= 0.6 is 0 Å². The molecule has 2 aromatic heterocycles. The van der Waals surface area contributed by atoms with Crippen LogP contribution in [0.15, 0.2) is 72.6 Å². The smallest absolute Gasteiger partial charge is 0.220 e. The zero-order valence-corrected chi connectivity index (χ0v) is 27.1. The molecule has 0 radical (unpaired) electrons. The van der Waals surface area contributed by atoms with Gasteiger partial charge < -0.3 is 40.4 Å². The van der Waals surface area contributed by atoms with Crippen LogP contribution in [0.2, 0.25) is 0 Å². The molecule has 0 unspecified atom stereocenters. The van der Waals surface area contributed by atoms with Gasteiger partial charge in [0, 0.05) is 68.7 Å². The number of benzene rings is 3. The number of hydrogen-bond acceptors (Lipinski definition) is 10. The first-order valence-corrected chi connectivity index (χ1v) is 16.5. The quantitative estimate of drug-likeness (QED) is 0.105. The summed E-state index contributed by atoms with van der Waals surface area (Å²) in [5.74, 6) is 2.33. The molecule has 1 saturated heterocycles. The summed E-state index contributed by atoms with van der Waals surface area (Å²) in [5.41, 5.74) is 13.4. The van der Waals surface area contributed by atoms with Crippen LogP contribution in [-0.2, 0) is 4.79 Å². The summed E-state index contributed by atoms with van der Waals surface area (Å²) in [7, 11) is 2.17. The number of nitrogens with one attached hydrogen (secondary N) is 5. The van der Waals surface area contributed by atoms with Crippen molar-refractivity contribution in [2.24, 2.45) is 0 Å². The first-order valence-electron chi connectivity index (χ1n) is 16.5. The number of aromatic nitrogens is 4. The maximum atomic E-state index is 12.2. The van der Waals surface area contributed by atoms with Crippen molar-refractivity contribution in [3.63, 3.8) is 0 Å². The van der Waals surface area contributed by atoms with E-state index in [4.69, 9.17) is 19.8 Å². The highest BCUT2D eigenvalue weighted by atomic mass is 16.5. The normalized spacial score (nSPS) is 15.2. The predicted octanol–water partition coefficient (Wildman–Crippen LogP) is 3.35. The van der Waals surface area contributed by atoms with Crippen LogP contribution in [0.25, 0.3) is 44.8 Å². The lowest BCUT2D eigenvalue weighted by Crippen LogP contribution is -2.44. The Labute approximate surface area is 278 Å². The molecule has 0 saturated carbocycles. The number of fused-ring (bicyclic) bond motifs is 2. The highest BCUT2D eigenvalue weighted by Crippen LogP contribution is 2.29. The number of amides is 1. The van der Waals surface area contributed by atoms with E-state index in [-0.39, 0.29) is 12.5 Å². The van der Waals surface area contributed by atoms with Crippen molar-refractivity contribution in [3.8, 4) is 28.5 Å². The van der Waals surface area contributed by atoms with Gasteiger partial charge in [-0.1, -0.05) is 12.1 Å². The molecule has 7 rings (SSSR count). The lowest BCUT2D eigenvalue weighted by atomic mass is 10.2. The van der Waals surface area contributed by atoms with Gasteiger partial charge in [-0.15, -0.1) is 5.53 Å². The van der Waals surface area contributed by atoms with E-state index in [1.54, 1.807) is 0 Å². The molecule has 2 aliphatic rings. The van der Waals surface area contributed by atoms with E-state index in [1.165, 1.54) is 5.69 Å². The van der Waals surface area contributed by atoms with Gasteiger partial charge in [0.2, 0.25) is 5.91 Å². The topological polar surface area (TPSA) is 150 Å². The van der Waals surface area contributed by atoms with E-state index in [0.29, 0.717) is 38.2 Å². The number of piperazine rings is 1. The van der Waals surface area contributed by atoms with Crippen molar-refractivity contribution < 1.29 is 14.6 Å². The SMILES string of the molecule is CN1CCN(c2ccc3nc(-c4ccc5nc(-c6cccc(OCCCC(=O)NCCCN7C=C(CO)NN7)c6)[nH]c5c4)[nH]c3c2)CC1. The standard InChI is InChI=1S/C35H42N10O3/c1-43-14-16-44(17-15-43)27-9-11-30-32(21-27)40-35(38-30)25-8-10-29-31(20-25)39-34(37-29)24-5-2-6-28(19-24)48-18-3-7-33(47)36-12-4-13-45-22-26(23-46)41-42-45/h2,5-6,8-11,19-22,41-42,46H,3-4,7,12-18,23H2,1H3,(H,36,47)(H,37,39)(H,38,40). The summed E-state index contributed by atoms with van der Waals surface area (Å²) in [6.07, 6.45) is 3.60. The summed E-state index contributed by atoms with van der Waals surface area (Å²) in [6, 6.07) is 20.5. The van der Waals surface area contributed by atoms with Crippen LogP contribution < -0.4 is 25.9 Å². The van der Waals surface area contributed by atoms with E-state index >= 15 is 0 Å². The van der Waals surface area contributed by atoms with Gasteiger partial charge in [0.25, 0.3) is 0 Å². The number of likely N-dealkylation sites (N-methyl/N-ethyl adjacent to an activating group) is 1. The molecular weight excluding hydrogens is 608 g/mol. The fraction of sp³-hybridized carbons (Fsp3) is 0.343. The highest BCUT2D eigenvalue weighted by Gasteiger charge is 2.16. The Hall–Kier alpha value is -5.11. The Morgan fingerprint density at radius 1 is 0.917 bits per heavy atom. The number of nitrogens with zero attached hydrogens (tertiary/aromatic N) is 5. The number of aromatic amines is 2. The van der Waals surface area contributed by atoms with Crippen molar-refractivity contribution in [2.75, 3.05) is 64.4 Å². The number of anilines is 1. The molecule has 5 aromatic rings. The average molecular weight is 651 g/mol. The summed E-state index contributed by atoms with van der Waals surface area (Å²) in [4.78, 5) is 33.7. The largest absolute Gasteiger partial charge is 0.494 e. The molecule has 0 atom stereocenters. The number of hydrazine groups is 2. The molecule has 0 spiro atoms. The second kappa shape index (κ2) is 14.3. The molecule has 48 heavy (non-hydrogen) atoms. The van der Waals surface area contributed by atoms with E-state index < -0.39 is 0 Å². The Morgan fingerprint density at radius 3 is 2.44 bits per heavy atom. The fourth-order valence-corrected chi connectivity index (χ4v) is 6.01. The zero-order chi connectivity index (χ0) is 32.9. The predicted molar refractivity (Wildman–Crippen MR) is 187 cm³/mol. The minimum atomic E-state index is -0.0445. The van der Waals surface area contributed by atoms with Crippen molar-refractivity contribution >= 4 is 33.7 Å². The van der Waals surface area contributed by atoms with Gasteiger partial charge in [-0.25, -0.2) is 9.97 Å². The Morgan fingerprint density at radius 2 is 1.67 bits per heavy atom. The first-order chi connectivity index (χ1) is 23.5. The number of ether oxygens (including phenoxy) is 1. The monoisotopic (exact) mass is 650 g/mol.